The molecule has 0 saturated carbocycles. The van der Waals surface area contributed by atoms with Gasteiger partial charge in [0.05, 0.1) is 55.5 Å². The van der Waals surface area contributed by atoms with Crippen LogP contribution in [0.3, 0.4) is 0 Å². The first-order valence-corrected chi connectivity index (χ1v) is 33.5. The fourth-order valence-corrected chi connectivity index (χ4v) is 15.7. The third-order valence-corrected chi connectivity index (χ3v) is 20.3. The lowest BCUT2D eigenvalue weighted by molar-refractivity contribution is 0.660. The molecule has 0 aliphatic heterocycles. The van der Waals surface area contributed by atoms with Crippen LogP contribution in [-0.4, -0.2) is 38.2 Å². The van der Waals surface area contributed by atoms with Gasteiger partial charge in [0.15, 0.2) is 0 Å². The summed E-state index contributed by atoms with van der Waals surface area (Å²) in [6, 6.07) is 111. The van der Waals surface area contributed by atoms with E-state index >= 15 is 0 Å². The number of nitrogens with zero attached hydrogens (tertiary/aromatic N) is 8. The average molecular weight is 1260 g/mol. The van der Waals surface area contributed by atoms with Crippen molar-refractivity contribution >= 4 is 87.2 Å². The van der Waals surface area contributed by atoms with Crippen molar-refractivity contribution in [2.75, 3.05) is 0 Å². The molecule has 0 amide bonds. The zero-order valence-corrected chi connectivity index (χ0v) is 54.2. The molecule has 13 aromatic carbocycles. The third kappa shape index (κ3) is 9.06. The summed E-state index contributed by atoms with van der Waals surface area (Å²) < 4.78 is 9.12. The minimum atomic E-state index is -0.0775. The van der Waals surface area contributed by atoms with Crippen molar-refractivity contribution in [2.45, 2.75) is 26.2 Å². The normalized spacial score (nSPS) is 12.5. The van der Waals surface area contributed by atoms with Crippen LogP contribution in [0.25, 0.3) is 166 Å². The number of hydrogen-bond acceptors (Lipinski definition) is 4. The predicted octanol–water partition coefficient (Wildman–Crippen LogP) is 22.6. The lowest BCUT2D eigenvalue weighted by Crippen LogP contribution is -2.15. The first-order valence-electron chi connectivity index (χ1n) is 33.5. The summed E-state index contributed by atoms with van der Waals surface area (Å²) in [4.78, 5) is 19.9. The van der Waals surface area contributed by atoms with Crippen molar-refractivity contribution in [2.24, 2.45) is 0 Å². The largest absolute Gasteiger partial charge is 0.309 e. The van der Waals surface area contributed by atoms with Crippen molar-refractivity contribution in [1.29, 1.82) is 0 Å². The Morgan fingerprint density at radius 2 is 0.612 bits per heavy atom. The predicted molar refractivity (Wildman–Crippen MR) is 405 cm³/mol. The number of rotatable bonds is 8. The van der Waals surface area contributed by atoms with Gasteiger partial charge in [-0.15, -0.1) is 0 Å². The van der Waals surface area contributed by atoms with E-state index in [1.807, 2.05) is 24.5 Å². The van der Waals surface area contributed by atoms with Crippen LogP contribution in [0, 0.1) is 6.92 Å². The Morgan fingerprint density at radius 3 is 1.06 bits per heavy atom. The second kappa shape index (κ2) is 22.4. The Labute approximate surface area is 565 Å². The molecule has 462 valence electrons. The van der Waals surface area contributed by atoms with Crippen LogP contribution in [-0.2, 0) is 5.41 Å². The van der Waals surface area contributed by atoms with E-state index in [1.54, 1.807) is 0 Å². The molecule has 19 aromatic rings. The molecule has 6 heterocycles. The Morgan fingerprint density at radius 1 is 0.255 bits per heavy atom. The number of para-hydroxylation sites is 6. The maximum absolute atomic E-state index is 5.23. The summed E-state index contributed by atoms with van der Waals surface area (Å²) in [6.07, 6.45) is 3.75. The van der Waals surface area contributed by atoms with Crippen LogP contribution in [0.15, 0.2) is 322 Å². The average Bonchev–Trinajstić information content (AvgIpc) is 1.60. The molecule has 1 aliphatic carbocycles. The van der Waals surface area contributed by atoms with E-state index in [1.165, 1.54) is 121 Å². The molecule has 0 N–H and O–H groups in total. The van der Waals surface area contributed by atoms with Crippen molar-refractivity contribution in [3.63, 3.8) is 0 Å². The fraction of sp³-hybridized carbons (Fsp3) is 0.0444. The minimum Gasteiger partial charge on any atom is -0.309 e. The number of benzene rings is 13. The van der Waals surface area contributed by atoms with Crippen LogP contribution in [0.1, 0.15) is 30.5 Å². The Hall–Kier alpha value is -12.8. The number of fused-ring (bicyclic) bond motifs is 15. The highest BCUT2D eigenvalue weighted by molar-refractivity contribution is 6.15. The monoisotopic (exact) mass is 1250 g/mol. The van der Waals surface area contributed by atoms with Gasteiger partial charge in [-0.2, -0.15) is 0 Å². The maximum Gasteiger partial charge on any atom is 0.235 e. The third-order valence-electron chi connectivity index (χ3n) is 20.3. The molecule has 0 saturated heterocycles. The highest BCUT2D eigenvalue weighted by Gasteiger charge is 2.35. The van der Waals surface area contributed by atoms with Gasteiger partial charge < -0.3 is 9.13 Å². The van der Waals surface area contributed by atoms with Crippen LogP contribution in [0.2, 0.25) is 0 Å². The molecule has 20 rings (SSSR count). The molecule has 0 unspecified atom stereocenters. The molecule has 0 spiro atoms. The van der Waals surface area contributed by atoms with Crippen LogP contribution < -0.4 is 0 Å². The van der Waals surface area contributed by atoms with Crippen molar-refractivity contribution in [3.8, 4) is 79.2 Å². The van der Waals surface area contributed by atoms with Crippen molar-refractivity contribution in [3.05, 3.63) is 338 Å². The maximum atomic E-state index is 5.23. The lowest BCUT2D eigenvalue weighted by Gasteiger charge is -2.21. The number of aryl methyl sites for hydroxylation is 1. The zero-order chi connectivity index (χ0) is 65.2. The lowest BCUT2D eigenvalue weighted by atomic mass is 9.82. The van der Waals surface area contributed by atoms with Crippen molar-refractivity contribution in [1.82, 2.24) is 38.2 Å². The van der Waals surface area contributed by atoms with E-state index in [0.29, 0.717) is 11.9 Å². The SMILES string of the molecule is CC1(C)c2ccccc2-c2ccc(-c3ccnc(-n4c5ccccc5c5cc(-c6ccc7c(c6)c6ccccc6n7-c6ccccc6)ccc54)n3)cc21.Cc1cccc(-c2ccnc(-n3c4ccccc4c4cc(-c5ccc6c(c5)c5ccccc5n6-c5ccccc5)ccc43)n2)c1. The molecule has 8 nitrogen and oxygen atoms in total. The van der Waals surface area contributed by atoms with Gasteiger partial charge in [0.1, 0.15) is 0 Å². The van der Waals surface area contributed by atoms with Crippen LogP contribution in [0.4, 0.5) is 0 Å². The molecule has 0 atom stereocenters. The summed E-state index contributed by atoms with van der Waals surface area (Å²) in [7, 11) is 0. The molecular formula is C90H62N8. The second-order valence-corrected chi connectivity index (χ2v) is 26.3. The van der Waals surface area contributed by atoms with Gasteiger partial charge in [0, 0.05) is 83.4 Å². The van der Waals surface area contributed by atoms with Crippen molar-refractivity contribution < 1.29 is 0 Å². The van der Waals surface area contributed by atoms with Gasteiger partial charge in [-0.1, -0.05) is 207 Å². The molecule has 0 radical (unpaired) electrons. The Kier molecular flexibility index (Phi) is 13.0. The topological polar surface area (TPSA) is 71.3 Å². The highest BCUT2D eigenvalue weighted by Crippen LogP contribution is 2.50. The van der Waals surface area contributed by atoms with E-state index in [9.17, 15) is 0 Å². The summed E-state index contributed by atoms with van der Waals surface area (Å²) >= 11 is 0. The molecule has 8 heteroatoms. The van der Waals surface area contributed by atoms with E-state index < -0.39 is 0 Å². The van der Waals surface area contributed by atoms with Gasteiger partial charge in [0.25, 0.3) is 0 Å². The Balaban J connectivity index is 0.000000139. The first kappa shape index (κ1) is 56.7. The highest BCUT2D eigenvalue weighted by atomic mass is 15.2. The summed E-state index contributed by atoms with van der Waals surface area (Å²) in [5, 5.41) is 9.71. The van der Waals surface area contributed by atoms with Crippen LogP contribution >= 0.6 is 0 Å². The second-order valence-electron chi connectivity index (χ2n) is 26.3. The molecule has 6 aromatic heterocycles. The van der Waals surface area contributed by atoms with E-state index in [4.69, 9.17) is 19.9 Å². The number of aromatic nitrogens is 8. The molecule has 0 fully saturated rings. The van der Waals surface area contributed by atoms with Gasteiger partial charge in [-0.05, 0) is 173 Å². The fourth-order valence-electron chi connectivity index (χ4n) is 15.7. The zero-order valence-electron chi connectivity index (χ0n) is 54.2. The smallest absolute Gasteiger partial charge is 0.235 e. The summed E-state index contributed by atoms with van der Waals surface area (Å²) in [5.74, 6) is 1.34. The van der Waals surface area contributed by atoms with Gasteiger partial charge in [0.2, 0.25) is 11.9 Å². The Bertz CT molecular complexity index is 6420. The molecule has 98 heavy (non-hydrogen) atoms. The first-order chi connectivity index (χ1) is 48.3. The minimum absolute atomic E-state index is 0.0775. The number of hydrogen-bond donors (Lipinski definition) is 0. The molecular weight excluding hydrogens is 1190 g/mol. The standard InChI is InChI=1S/C49H34N4.C41H28N4/c1-49(2)41-17-9-6-14-35(41)36-23-20-33(30-42(36)49)43-26-27-50-48(51-43)53-45-19-11-8-16-38(45)40-29-32(22-25-47(40)53)31-21-24-46-39(28-31)37-15-7-10-18-44(37)52(46)34-12-4-3-5-13-34;1-27-10-9-11-30(24-27)36-22-23-42-41(43-36)45-38-17-8-6-15-33(38)35-26-29(19-21-40(35)45)28-18-20-39-34(25-28)32-14-5-7-16-37(32)44(39)31-12-3-2-4-13-31/h3-30H,1-2H3;2-26H,1H3. The molecule has 1 aliphatic rings. The van der Waals surface area contributed by atoms with E-state index in [0.717, 1.165) is 50.3 Å². The summed E-state index contributed by atoms with van der Waals surface area (Å²) in [5.41, 5.74) is 26.7. The van der Waals surface area contributed by atoms with Crippen LogP contribution in [0.5, 0.6) is 0 Å². The molecule has 0 bridgehead atoms. The quantitative estimate of drug-likeness (QED) is 0.152. The van der Waals surface area contributed by atoms with Gasteiger partial charge >= 0.3 is 0 Å². The van der Waals surface area contributed by atoms with Gasteiger partial charge in [-0.25, -0.2) is 19.9 Å². The van der Waals surface area contributed by atoms with E-state index in [2.05, 4.69) is 336 Å². The van der Waals surface area contributed by atoms with E-state index in [-0.39, 0.29) is 5.41 Å². The van der Waals surface area contributed by atoms with Gasteiger partial charge in [-0.3, -0.25) is 9.13 Å². The summed E-state index contributed by atoms with van der Waals surface area (Å²) in [6.45, 7) is 6.75.